The maximum Gasteiger partial charge on any atom is 0.248 e. The van der Waals surface area contributed by atoms with Crippen molar-refractivity contribution in [2.75, 3.05) is 0 Å². The molecule has 4 aliphatic carbocycles. The van der Waals surface area contributed by atoms with Crippen LogP contribution in [0.2, 0.25) is 0 Å². The number of aromatic amines is 1. The molecule has 0 atom stereocenters. The van der Waals surface area contributed by atoms with Crippen molar-refractivity contribution in [1.29, 1.82) is 0 Å². The molecule has 3 nitrogen and oxygen atoms in total. The topological polar surface area (TPSA) is 44.9 Å². The fourth-order valence-corrected chi connectivity index (χ4v) is 5.22. The molecule has 4 saturated carbocycles. The second kappa shape index (κ2) is 4.20. The van der Waals surface area contributed by atoms with Gasteiger partial charge in [-0.2, -0.15) is 0 Å². The van der Waals surface area contributed by atoms with Gasteiger partial charge in [-0.1, -0.05) is 0 Å². The molecule has 3 heteroatoms. The number of aromatic nitrogens is 1. The first-order valence-electron chi connectivity index (χ1n) is 7.63. The highest BCUT2D eigenvalue weighted by atomic mass is 16.1. The van der Waals surface area contributed by atoms with Gasteiger partial charge in [0.05, 0.1) is 0 Å². The van der Waals surface area contributed by atoms with Crippen LogP contribution in [0.3, 0.4) is 0 Å². The SMILES string of the molecule is O=c1cc(CNC23CC4CC(CC(C4)C2)C3)cc[nH]1. The van der Waals surface area contributed by atoms with E-state index >= 15 is 0 Å². The standard InChI is InChI=1S/C16H22N2O/c19-15-6-11(1-2-17-15)10-18-16-7-12-3-13(8-16)5-14(4-12)9-16/h1-2,6,12-14,18H,3-5,7-10H2,(H,17,19). The summed E-state index contributed by atoms with van der Waals surface area (Å²) in [5.74, 6) is 2.91. The van der Waals surface area contributed by atoms with Gasteiger partial charge < -0.3 is 10.3 Å². The lowest BCUT2D eigenvalue weighted by Gasteiger charge is -2.57. The molecule has 4 aliphatic rings. The van der Waals surface area contributed by atoms with Gasteiger partial charge in [0.15, 0.2) is 0 Å². The second-order valence-electron chi connectivity index (χ2n) is 7.11. The van der Waals surface area contributed by atoms with Gasteiger partial charge in [0.2, 0.25) is 5.56 Å². The molecule has 1 aromatic heterocycles. The van der Waals surface area contributed by atoms with Gasteiger partial charge in [-0.25, -0.2) is 0 Å². The van der Waals surface area contributed by atoms with Crippen LogP contribution >= 0.6 is 0 Å². The molecule has 0 radical (unpaired) electrons. The minimum absolute atomic E-state index is 0.00446. The third-order valence-corrected chi connectivity index (χ3v) is 5.55. The van der Waals surface area contributed by atoms with Crippen LogP contribution in [0.15, 0.2) is 23.1 Å². The lowest BCUT2D eigenvalue weighted by molar-refractivity contribution is -0.0206. The number of hydrogen-bond donors (Lipinski definition) is 2. The Morgan fingerprint density at radius 2 is 1.79 bits per heavy atom. The Bertz CT molecular complexity index is 498. The Kier molecular flexibility index (Phi) is 2.59. The quantitative estimate of drug-likeness (QED) is 0.874. The highest BCUT2D eigenvalue weighted by molar-refractivity contribution is 5.12. The van der Waals surface area contributed by atoms with E-state index in [0.717, 1.165) is 29.9 Å². The molecule has 0 aliphatic heterocycles. The van der Waals surface area contributed by atoms with E-state index in [1.165, 1.54) is 38.5 Å². The van der Waals surface area contributed by atoms with Crippen LogP contribution in [0.25, 0.3) is 0 Å². The fraction of sp³-hybridized carbons (Fsp3) is 0.688. The summed E-state index contributed by atoms with van der Waals surface area (Å²) in [5.41, 5.74) is 1.50. The second-order valence-corrected chi connectivity index (χ2v) is 7.11. The summed E-state index contributed by atoms with van der Waals surface area (Å²) in [6.07, 6.45) is 10.3. The summed E-state index contributed by atoms with van der Waals surface area (Å²) in [6.45, 7) is 0.843. The van der Waals surface area contributed by atoms with Gasteiger partial charge in [-0.05, 0) is 67.9 Å². The smallest absolute Gasteiger partial charge is 0.248 e. The average Bonchev–Trinajstić information content (AvgIpc) is 2.35. The Morgan fingerprint density at radius 1 is 1.16 bits per heavy atom. The van der Waals surface area contributed by atoms with Gasteiger partial charge in [0.1, 0.15) is 0 Å². The van der Waals surface area contributed by atoms with Gasteiger partial charge in [-0.15, -0.1) is 0 Å². The highest BCUT2D eigenvalue weighted by Gasteiger charge is 2.50. The monoisotopic (exact) mass is 258 g/mol. The predicted molar refractivity (Wildman–Crippen MR) is 74.8 cm³/mol. The first-order chi connectivity index (χ1) is 9.21. The molecule has 0 aromatic carbocycles. The van der Waals surface area contributed by atoms with Crippen LogP contribution in [0.1, 0.15) is 44.1 Å². The Balaban J connectivity index is 1.49. The highest BCUT2D eigenvalue weighted by Crippen LogP contribution is 2.55. The molecule has 19 heavy (non-hydrogen) atoms. The molecule has 0 unspecified atom stereocenters. The molecule has 1 heterocycles. The molecule has 2 N–H and O–H groups in total. The largest absolute Gasteiger partial charge is 0.329 e. The van der Waals surface area contributed by atoms with E-state index in [2.05, 4.69) is 10.3 Å². The van der Waals surface area contributed by atoms with Crippen molar-refractivity contribution in [3.63, 3.8) is 0 Å². The van der Waals surface area contributed by atoms with E-state index in [-0.39, 0.29) is 5.56 Å². The van der Waals surface area contributed by atoms with Crippen LogP contribution < -0.4 is 10.9 Å². The first kappa shape index (κ1) is 11.7. The Morgan fingerprint density at radius 3 is 2.37 bits per heavy atom. The molecular weight excluding hydrogens is 236 g/mol. The van der Waals surface area contributed by atoms with Crippen molar-refractivity contribution in [2.45, 2.75) is 50.6 Å². The van der Waals surface area contributed by atoms with E-state index in [0.29, 0.717) is 5.54 Å². The molecule has 4 fully saturated rings. The van der Waals surface area contributed by atoms with Crippen LogP contribution in [-0.2, 0) is 6.54 Å². The van der Waals surface area contributed by atoms with E-state index in [1.54, 1.807) is 12.3 Å². The summed E-state index contributed by atoms with van der Waals surface area (Å²) < 4.78 is 0. The normalized spacial score (nSPS) is 39.7. The molecule has 1 aromatic rings. The zero-order chi connectivity index (χ0) is 12.9. The zero-order valence-electron chi connectivity index (χ0n) is 11.3. The first-order valence-corrected chi connectivity index (χ1v) is 7.63. The molecule has 5 rings (SSSR count). The molecule has 0 amide bonds. The van der Waals surface area contributed by atoms with Crippen molar-refractivity contribution in [2.24, 2.45) is 17.8 Å². The number of rotatable bonds is 3. The van der Waals surface area contributed by atoms with E-state index in [4.69, 9.17) is 0 Å². The number of hydrogen-bond acceptors (Lipinski definition) is 2. The van der Waals surface area contributed by atoms with Crippen molar-refractivity contribution in [3.05, 3.63) is 34.2 Å². The molecule has 0 saturated heterocycles. The summed E-state index contributed by atoms with van der Waals surface area (Å²) in [6, 6.07) is 3.72. The average molecular weight is 258 g/mol. The van der Waals surface area contributed by atoms with E-state index in [9.17, 15) is 4.79 Å². The Hall–Kier alpha value is -1.09. The van der Waals surface area contributed by atoms with Crippen molar-refractivity contribution < 1.29 is 0 Å². The van der Waals surface area contributed by atoms with Gasteiger partial charge >= 0.3 is 0 Å². The number of nitrogens with one attached hydrogen (secondary N) is 2. The summed E-state index contributed by atoms with van der Waals surface area (Å²) in [5, 5.41) is 3.82. The fourth-order valence-electron chi connectivity index (χ4n) is 5.22. The molecular formula is C16H22N2O. The lowest BCUT2D eigenvalue weighted by atomic mass is 9.53. The summed E-state index contributed by atoms with van der Waals surface area (Å²) >= 11 is 0. The molecule has 4 bridgehead atoms. The summed E-state index contributed by atoms with van der Waals surface area (Å²) in [4.78, 5) is 14.0. The van der Waals surface area contributed by atoms with E-state index in [1.807, 2.05) is 6.07 Å². The minimum Gasteiger partial charge on any atom is -0.329 e. The number of H-pyrrole nitrogens is 1. The van der Waals surface area contributed by atoms with Crippen molar-refractivity contribution in [1.82, 2.24) is 10.3 Å². The predicted octanol–water partition coefficient (Wildman–Crippen LogP) is 2.43. The summed E-state index contributed by atoms with van der Waals surface area (Å²) in [7, 11) is 0. The van der Waals surface area contributed by atoms with Crippen LogP contribution in [0.4, 0.5) is 0 Å². The number of pyridine rings is 1. The zero-order valence-corrected chi connectivity index (χ0v) is 11.3. The molecule has 102 valence electrons. The van der Waals surface area contributed by atoms with Crippen LogP contribution in [0, 0.1) is 17.8 Å². The third-order valence-electron chi connectivity index (χ3n) is 5.55. The van der Waals surface area contributed by atoms with Crippen LogP contribution in [0.5, 0.6) is 0 Å². The maximum absolute atomic E-state index is 11.3. The molecule has 0 spiro atoms. The van der Waals surface area contributed by atoms with Gasteiger partial charge in [0.25, 0.3) is 0 Å². The van der Waals surface area contributed by atoms with E-state index < -0.39 is 0 Å². The Labute approximate surface area is 113 Å². The third kappa shape index (κ3) is 2.14. The van der Waals surface area contributed by atoms with Crippen molar-refractivity contribution >= 4 is 0 Å². The van der Waals surface area contributed by atoms with Crippen molar-refractivity contribution in [3.8, 4) is 0 Å². The maximum atomic E-state index is 11.3. The van der Waals surface area contributed by atoms with Gasteiger partial charge in [0, 0.05) is 24.3 Å². The lowest BCUT2D eigenvalue weighted by Crippen LogP contribution is -2.58. The van der Waals surface area contributed by atoms with Gasteiger partial charge in [-0.3, -0.25) is 4.79 Å². The van der Waals surface area contributed by atoms with Crippen LogP contribution in [-0.4, -0.2) is 10.5 Å². The minimum atomic E-state index is 0.00446.